The maximum absolute atomic E-state index is 9.80. The minimum absolute atomic E-state index is 0.114. The second-order valence-electron chi connectivity index (χ2n) is 4.62. The van der Waals surface area contributed by atoms with E-state index in [-0.39, 0.29) is 5.75 Å². The first kappa shape index (κ1) is 15.7. The zero-order valence-corrected chi connectivity index (χ0v) is 13.6. The number of methoxy groups -OCH3 is 2. The second kappa shape index (κ2) is 7.33. The normalized spacial score (nSPS) is 10.4. The third kappa shape index (κ3) is 4.12. The summed E-state index contributed by atoms with van der Waals surface area (Å²) in [5.74, 6) is 0.567. The van der Waals surface area contributed by atoms with Crippen molar-refractivity contribution in [1.82, 2.24) is 0 Å². The van der Waals surface area contributed by atoms with Crippen LogP contribution in [0.15, 0.2) is 40.9 Å². The van der Waals surface area contributed by atoms with Gasteiger partial charge in [-0.3, -0.25) is 0 Å². The van der Waals surface area contributed by atoms with Gasteiger partial charge in [0.05, 0.1) is 18.2 Å². The van der Waals surface area contributed by atoms with Gasteiger partial charge in [-0.15, -0.1) is 0 Å². The van der Waals surface area contributed by atoms with Crippen LogP contribution in [0.2, 0.25) is 0 Å². The summed E-state index contributed by atoms with van der Waals surface area (Å²) in [4.78, 5) is 0. The Hall–Kier alpha value is -1.72. The highest BCUT2D eigenvalue weighted by atomic mass is 79.9. The van der Waals surface area contributed by atoms with Crippen molar-refractivity contribution in [3.05, 3.63) is 52.0 Å². The van der Waals surface area contributed by atoms with Gasteiger partial charge in [0.2, 0.25) is 0 Å². The minimum atomic E-state index is 0.114. The van der Waals surface area contributed by atoms with Crippen molar-refractivity contribution in [1.29, 1.82) is 0 Å². The summed E-state index contributed by atoms with van der Waals surface area (Å²) in [5, 5.41) is 13.1. The molecule has 5 heteroatoms. The number of ether oxygens (including phenoxy) is 2. The van der Waals surface area contributed by atoms with Gasteiger partial charge >= 0.3 is 0 Å². The van der Waals surface area contributed by atoms with Crippen LogP contribution in [-0.4, -0.2) is 19.3 Å². The summed E-state index contributed by atoms with van der Waals surface area (Å²) in [5.41, 5.74) is 3.15. The highest BCUT2D eigenvalue weighted by Gasteiger charge is 2.08. The van der Waals surface area contributed by atoms with E-state index in [1.165, 1.54) is 7.11 Å². The SMILES string of the molecule is COCc1cccc(NCc2cc(Br)c(O)c(OC)c2)c1. The molecule has 0 aliphatic heterocycles. The molecule has 0 aromatic heterocycles. The van der Waals surface area contributed by atoms with Crippen LogP contribution in [0.4, 0.5) is 5.69 Å². The number of rotatable bonds is 6. The molecule has 0 aliphatic rings. The molecule has 2 N–H and O–H groups in total. The lowest BCUT2D eigenvalue weighted by atomic mass is 10.1. The lowest BCUT2D eigenvalue weighted by Gasteiger charge is -2.11. The maximum atomic E-state index is 9.80. The van der Waals surface area contributed by atoms with Crippen LogP contribution in [0.25, 0.3) is 0 Å². The number of phenols is 1. The van der Waals surface area contributed by atoms with Crippen LogP contribution in [0, 0.1) is 0 Å². The van der Waals surface area contributed by atoms with Gasteiger partial charge in [-0.2, -0.15) is 0 Å². The van der Waals surface area contributed by atoms with Crippen LogP contribution in [0.1, 0.15) is 11.1 Å². The van der Waals surface area contributed by atoms with Crippen molar-refractivity contribution < 1.29 is 14.6 Å². The Morgan fingerprint density at radius 3 is 2.67 bits per heavy atom. The first-order valence-electron chi connectivity index (χ1n) is 6.51. The predicted octanol–water partition coefficient (Wildman–Crippen LogP) is 3.92. The first-order valence-corrected chi connectivity index (χ1v) is 7.30. The summed E-state index contributed by atoms with van der Waals surface area (Å²) < 4.78 is 10.9. The van der Waals surface area contributed by atoms with Crippen molar-refractivity contribution in [2.45, 2.75) is 13.2 Å². The molecule has 2 rings (SSSR count). The topological polar surface area (TPSA) is 50.7 Å². The number of phenolic OH excluding ortho intramolecular Hbond substituents is 1. The number of hydrogen-bond donors (Lipinski definition) is 2. The zero-order chi connectivity index (χ0) is 15.2. The number of aromatic hydroxyl groups is 1. The Morgan fingerprint density at radius 2 is 1.95 bits per heavy atom. The summed E-state index contributed by atoms with van der Waals surface area (Å²) in [6.45, 7) is 1.22. The molecule has 2 aromatic rings. The Kier molecular flexibility index (Phi) is 5.47. The van der Waals surface area contributed by atoms with Crippen LogP contribution in [-0.2, 0) is 17.9 Å². The predicted molar refractivity (Wildman–Crippen MR) is 86.8 cm³/mol. The van der Waals surface area contributed by atoms with Gasteiger partial charge in [0.1, 0.15) is 0 Å². The van der Waals surface area contributed by atoms with Gasteiger partial charge in [0, 0.05) is 19.3 Å². The van der Waals surface area contributed by atoms with E-state index >= 15 is 0 Å². The molecule has 21 heavy (non-hydrogen) atoms. The number of anilines is 1. The average Bonchev–Trinajstić information content (AvgIpc) is 2.49. The van der Waals surface area contributed by atoms with Gasteiger partial charge in [-0.1, -0.05) is 12.1 Å². The summed E-state index contributed by atoms with van der Waals surface area (Å²) in [6.07, 6.45) is 0. The standard InChI is InChI=1S/C16H18BrNO3/c1-20-10-11-4-3-5-13(6-11)18-9-12-7-14(17)16(19)15(8-12)21-2/h3-8,18-19H,9-10H2,1-2H3. The molecule has 0 unspecified atom stereocenters. The Balaban J connectivity index is 2.09. The Morgan fingerprint density at radius 1 is 1.14 bits per heavy atom. The number of nitrogens with one attached hydrogen (secondary N) is 1. The summed E-state index contributed by atoms with van der Waals surface area (Å²) in [7, 11) is 3.22. The molecule has 0 saturated heterocycles. The molecular weight excluding hydrogens is 334 g/mol. The van der Waals surface area contributed by atoms with E-state index in [9.17, 15) is 5.11 Å². The third-order valence-electron chi connectivity index (χ3n) is 3.04. The molecule has 0 heterocycles. The highest BCUT2D eigenvalue weighted by molar-refractivity contribution is 9.10. The van der Waals surface area contributed by atoms with Crippen molar-refractivity contribution >= 4 is 21.6 Å². The molecule has 0 fully saturated rings. The monoisotopic (exact) mass is 351 g/mol. The molecule has 0 saturated carbocycles. The van der Waals surface area contributed by atoms with Gasteiger partial charge in [0.25, 0.3) is 0 Å². The van der Waals surface area contributed by atoms with Crippen molar-refractivity contribution in [3.63, 3.8) is 0 Å². The zero-order valence-electron chi connectivity index (χ0n) is 12.0. The van der Waals surface area contributed by atoms with E-state index in [0.717, 1.165) is 16.8 Å². The van der Waals surface area contributed by atoms with Gasteiger partial charge in [0.15, 0.2) is 11.5 Å². The minimum Gasteiger partial charge on any atom is -0.503 e. The van der Waals surface area contributed by atoms with Gasteiger partial charge in [-0.25, -0.2) is 0 Å². The number of hydrogen-bond acceptors (Lipinski definition) is 4. The summed E-state index contributed by atoms with van der Waals surface area (Å²) in [6, 6.07) is 11.7. The molecule has 0 aliphatic carbocycles. The van der Waals surface area contributed by atoms with Crippen molar-refractivity contribution in [3.8, 4) is 11.5 Å². The van der Waals surface area contributed by atoms with E-state index < -0.39 is 0 Å². The molecule has 0 amide bonds. The fraction of sp³-hybridized carbons (Fsp3) is 0.250. The number of halogens is 1. The number of benzene rings is 2. The van der Waals surface area contributed by atoms with E-state index in [4.69, 9.17) is 9.47 Å². The Bertz CT molecular complexity index is 616. The van der Waals surface area contributed by atoms with Crippen molar-refractivity contribution in [2.24, 2.45) is 0 Å². The van der Waals surface area contributed by atoms with E-state index in [1.54, 1.807) is 7.11 Å². The Labute approximate surface area is 132 Å². The molecule has 0 spiro atoms. The largest absolute Gasteiger partial charge is 0.503 e. The van der Waals surface area contributed by atoms with E-state index in [0.29, 0.717) is 23.4 Å². The molecule has 4 nitrogen and oxygen atoms in total. The van der Waals surface area contributed by atoms with Gasteiger partial charge in [-0.05, 0) is 51.3 Å². The van der Waals surface area contributed by atoms with Crippen LogP contribution in [0.3, 0.4) is 0 Å². The van der Waals surface area contributed by atoms with Gasteiger partial charge < -0.3 is 19.9 Å². The quantitative estimate of drug-likeness (QED) is 0.827. The highest BCUT2D eigenvalue weighted by Crippen LogP contribution is 2.35. The molecule has 0 radical (unpaired) electrons. The van der Waals surface area contributed by atoms with Crippen LogP contribution < -0.4 is 10.1 Å². The van der Waals surface area contributed by atoms with E-state index in [1.807, 2.05) is 30.3 Å². The maximum Gasteiger partial charge on any atom is 0.172 e. The third-order valence-corrected chi connectivity index (χ3v) is 3.65. The molecule has 112 valence electrons. The van der Waals surface area contributed by atoms with Crippen molar-refractivity contribution in [2.75, 3.05) is 19.5 Å². The average molecular weight is 352 g/mol. The van der Waals surface area contributed by atoms with E-state index in [2.05, 4.69) is 27.3 Å². The molecule has 0 bridgehead atoms. The molecule has 0 atom stereocenters. The fourth-order valence-electron chi connectivity index (χ4n) is 2.03. The second-order valence-corrected chi connectivity index (χ2v) is 5.47. The van der Waals surface area contributed by atoms with Crippen LogP contribution in [0.5, 0.6) is 11.5 Å². The smallest absolute Gasteiger partial charge is 0.172 e. The first-order chi connectivity index (χ1) is 10.1. The lowest BCUT2D eigenvalue weighted by Crippen LogP contribution is -2.01. The summed E-state index contributed by atoms with van der Waals surface area (Å²) >= 11 is 3.32. The molecular formula is C16H18BrNO3. The lowest BCUT2D eigenvalue weighted by molar-refractivity contribution is 0.185. The van der Waals surface area contributed by atoms with Crippen LogP contribution >= 0.6 is 15.9 Å². The fourth-order valence-corrected chi connectivity index (χ4v) is 2.52. The molecule has 2 aromatic carbocycles.